The van der Waals surface area contributed by atoms with Gasteiger partial charge in [0.15, 0.2) is 0 Å². The molecule has 1 aromatic heterocycles. The fourth-order valence-electron chi connectivity index (χ4n) is 1.30. The quantitative estimate of drug-likeness (QED) is 0.664. The SMILES string of the molecule is CCn1ncnc1C1CCN1. The molecule has 0 radical (unpaired) electrons. The molecule has 0 aliphatic carbocycles. The summed E-state index contributed by atoms with van der Waals surface area (Å²) < 4.78 is 1.94. The van der Waals surface area contributed by atoms with Crippen LogP contribution >= 0.6 is 0 Å². The van der Waals surface area contributed by atoms with Gasteiger partial charge in [-0.2, -0.15) is 5.10 Å². The number of hydrogen-bond acceptors (Lipinski definition) is 3. The summed E-state index contributed by atoms with van der Waals surface area (Å²) in [6.45, 7) is 4.10. The molecule has 1 aromatic rings. The van der Waals surface area contributed by atoms with Gasteiger partial charge in [-0.15, -0.1) is 0 Å². The van der Waals surface area contributed by atoms with Crippen LogP contribution in [-0.2, 0) is 6.54 Å². The van der Waals surface area contributed by atoms with Crippen molar-refractivity contribution in [2.75, 3.05) is 6.54 Å². The van der Waals surface area contributed by atoms with E-state index in [1.165, 1.54) is 6.42 Å². The minimum atomic E-state index is 0.456. The smallest absolute Gasteiger partial charge is 0.144 e. The number of nitrogens with zero attached hydrogens (tertiary/aromatic N) is 3. The molecule has 0 saturated carbocycles. The molecule has 0 amide bonds. The summed E-state index contributed by atoms with van der Waals surface area (Å²) >= 11 is 0. The second kappa shape index (κ2) is 2.62. The van der Waals surface area contributed by atoms with Crippen LogP contribution in [0.3, 0.4) is 0 Å². The van der Waals surface area contributed by atoms with Crippen LogP contribution in [-0.4, -0.2) is 21.3 Å². The largest absolute Gasteiger partial charge is 0.307 e. The monoisotopic (exact) mass is 152 g/mol. The van der Waals surface area contributed by atoms with Crippen molar-refractivity contribution in [3.63, 3.8) is 0 Å². The molecule has 1 fully saturated rings. The first kappa shape index (κ1) is 6.79. The van der Waals surface area contributed by atoms with E-state index in [1.54, 1.807) is 6.33 Å². The Kier molecular flexibility index (Phi) is 1.62. The Morgan fingerprint density at radius 2 is 2.64 bits per heavy atom. The first-order chi connectivity index (χ1) is 5.42. The lowest BCUT2D eigenvalue weighted by molar-refractivity contribution is 0.350. The molecule has 1 atom stereocenters. The number of hydrogen-bond donors (Lipinski definition) is 1. The Labute approximate surface area is 65.6 Å². The van der Waals surface area contributed by atoms with E-state index in [0.29, 0.717) is 6.04 Å². The maximum Gasteiger partial charge on any atom is 0.144 e. The van der Waals surface area contributed by atoms with E-state index < -0.39 is 0 Å². The Morgan fingerprint density at radius 1 is 1.82 bits per heavy atom. The Bertz CT molecular complexity index is 238. The van der Waals surface area contributed by atoms with E-state index in [4.69, 9.17) is 0 Å². The van der Waals surface area contributed by atoms with Crippen LogP contribution in [0.2, 0.25) is 0 Å². The van der Waals surface area contributed by atoms with Gasteiger partial charge in [0.2, 0.25) is 0 Å². The summed E-state index contributed by atoms with van der Waals surface area (Å²) in [5.41, 5.74) is 0. The van der Waals surface area contributed by atoms with Gasteiger partial charge >= 0.3 is 0 Å². The summed E-state index contributed by atoms with van der Waals surface area (Å²) in [6.07, 6.45) is 2.82. The summed E-state index contributed by atoms with van der Waals surface area (Å²) in [4.78, 5) is 4.20. The van der Waals surface area contributed by atoms with Gasteiger partial charge in [-0.25, -0.2) is 9.67 Å². The molecule has 0 spiro atoms. The molecule has 4 heteroatoms. The average Bonchev–Trinajstić information content (AvgIpc) is 2.32. The molecular formula is C7H12N4. The zero-order chi connectivity index (χ0) is 7.68. The fourth-order valence-corrected chi connectivity index (χ4v) is 1.30. The van der Waals surface area contributed by atoms with Crippen molar-refractivity contribution in [2.24, 2.45) is 0 Å². The maximum atomic E-state index is 4.20. The molecule has 1 saturated heterocycles. The average molecular weight is 152 g/mol. The van der Waals surface area contributed by atoms with Gasteiger partial charge in [-0.05, 0) is 19.9 Å². The van der Waals surface area contributed by atoms with Crippen molar-refractivity contribution < 1.29 is 0 Å². The lowest BCUT2D eigenvalue weighted by Crippen LogP contribution is -2.37. The van der Waals surface area contributed by atoms with Gasteiger partial charge in [-0.3, -0.25) is 0 Å². The zero-order valence-electron chi connectivity index (χ0n) is 6.62. The van der Waals surface area contributed by atoms with Crippen molar-refractivity contribution in [3.8, 4) is 0 Å². The van der Waals surface area contributed by atoms with Crippen LogP contribution in [0.4, 0.5) is 0 Å². The number of rotatable bonds is 2. The molecule has 1 N–H and O–H groups in total. The topological polar surface area (TPSA) is 42.7 Å². The molecule has 60 valence electrons. The summed E-state index contributed by atoms with van der Waals surface area (Å²) in [6, 6.07) is 0.456. The molecule has 2 heterocycles. The van der Waals surface area contributed by atoms with Crippen molar-refractivity contribution in [1.29, 1.82) is 0 Å². The zero-order valence-corrected chi connectivity index (χ0v) is 6.62. The standard InChI is InChI=1S/C7H12N4/c1-2-11-7(9-5-10-11)6-3-4-8-6/h5-6,8H,2-4H2,1H3. The second-order valence-corrected chi connectivity index (χ2v) is 2.73. The molecule has 4 nitrogen and oxygen atoms in total. The summed E-state index contributed by atoms with van der Waals surface area (Å²) in [5.74, 6) is 1.08. The third kappa shape index (κ3) is 1.03. The van der Waals surface area contributed by atoms with Gasteiger partial charge in [0.25, 0.3) is 0 Å². The van der Waals surface area contributed by atoms with Crippen LogP contribution in [0.15, 0.2) is 6.33 Å². The third-order valence-electron chi connectivity index (χ3n) is 2.08. The molecule has 0 bridgehead atoms. The highest BCUT2D eigenvalue weighted by atomic mass is 15.3. The maximum absolute atomic E-state index is 4.20. The Hall–Kier alpha value is -0.900. The van der Waals surface area contributed by atoms with E-state index in [0.717, 1.165) is 18.9 Å². The minimum absolute atomic E-state index is 0.456. The molecule has 1 unspecified atom stereocenters. The van der Waals surface area contributed by atoms with Crippen LogP contribution in [0.1, 0.15) is 25.2 Å². The van der Waals surface area contributed by atoms with E-state index in [-0.39, 0.29) is 0 Å². The third-order valence-corrected chi connectivity index (χ3v) is 2.08. The van der Waals surface area contributed by atoms with Gasteiger partial charge in [0.1, 0.15) is 12.2 Å². The molecule has 1 aliphatic heterocycles. The van der Waals surface area contributed by atoms with Crippen molar-refractivity contribution in [2.45, 2.75) is 25.9 Å². The lowest BCUT2D eigenvalue weighted by Gasteiger charge is -2.26. The predicted molar refractivity (Wildman–Crippen MR) is 41.1 cm³/mol. The predicted octanol–water partition coefficient (Wildman–Crippen LogP) is 0.332. The van der Waals surface area contributed by atoms with E-state index in [2.05, 4.69) is 22.3 Å². The summed E-state index contributed by atoms with van der Waals surface area (Å²) in [7, 11) is 0. The highest BCUT2D eigenvalue weighted by Gasteiger charge is 2.22. The van der Waals surface area contributed by atoms with E-state index in [1.807, 2.05) is 4.68 Å². The highest BCUT2D eigenvalue weighted by molar-refractivity contribution is 4.98. The first-order valence-corrected chi connectivity index (χ1v) is 4.03. The molecule has 2 rings (SSSR count). The van der Waals surface area contributed by atoms with Crippen molar-refractivity contribution in [1.82, 2.24) is 20.1 Å². The Balaban J connectivity index is 2.20. The number of aromatic nitrogens is 3. The molecule has 1 aliphatic rings. The van der Waals surface area contributed by atoms with Gasteiger partial charge in [0, 0.05) is 6.54 Å². The van der Waals surface area contributed by atoms with E-state index >= 15 is 0 Å². The van der Waals surface area contributed by atoms with Crippen LogP contribution in [0.25, 0.3) is 0 Å². The molecule has 11 heavy (non-hydrogen) atoms. The Morgan fingerprint density at radius 3 is 3.18 bits per heavy atom. The fraction of sp³-hybridized carbons (Fsp3) is 0.714. The van der Waals surface area contributed by atoms with Crippen molar-refractivity contribution in [3.05, 3.63) is 12.2 Å². The van der Waals surface area contributed by atoms with Crippen LogP contribution in [0, 0.1) is 0 Å². The molecule has 0 aromatic carbocycles. The first-order valence-electron chi connectivity index (χ1n) is 4.03. The van der Waals surface area contributed by atoms with Gasteiger partial charge in [-0.1, -0.05) is 0 Å². The number of aryl methyl sites for hydroxylation is 1. The van der Waals surface area contributed by atoms with Crippen molar-refractivity contribution >= 4 is 0 Å². The normalized spacial score (nSPS) is 23.2. The molecular weight excluding hydrogens is 140 g/mol. The number of nitrogens with one attached hydrogen (secondary N) is 1. The highest BCUT2D eigenvalue weighted by Crippen LogP contribution is 2.19. The van der Waals surface area contributed by atoms with Gasteiger partial charge in [0.05, 0.1) is 6.04 Å². The van der Waals surface area contributed by atoms with E-state index in [9.17, 15) is 0 Å². The van der Waals surface area contributed by atoms with Crippen LogP contribution in [0.5, 0.6) is 0 Å². The van der Waals surface area contributed by atoms with Crippen LogP contribution < -0.4 is 5.32 Å². The lowest BCUT2D eigenvalue weighted by atomic mass is 10.1. The minimum Gasteiger partial charge on any atom is -0.307 e. The summed E-state index contributed by atoms with van der Waals surface area (Å²) in [5, 5.41) is 7.40. The van der Waals surface area contributed by atoms with Gasteiger partial charge < -0.3 is 5.32 Å². The second-order valence-electron chi connectivity index (χ2n) is 2.73.